The highest BCUT2D eigenvalue weighted by atomic mass is 35.5. The molecule has 0 aromatic carbocycles. The van der Waals surface area contributed by atoms with Crippen LogP contribution >= 0.6 is 23.2 Å². The molecule has 0 amide bonds. The van der Waals surface area contributed by atoms with Crippen molar-refractivity contribution < 1.29 is 9.53 Å². The van der Waals surface area contributed by atoms with Crippen LogP contribution in [0.3, 0.4) is 0 Å². The maximum absolute atomic E-state index is 11.2. The fourth-order valence-electron chi connectivity index (χ4n) is 0.661. The lowest BCUT2D eigenvalue weighted by atomic mass is 10.3. The summed E-state index contributed by atoms with van der Waals surface area (Å²) in [5.41, 5.74) is 0.147. The van der Waals surface area contributed by atoms with Crippen molar-refractivity contribution in [2.75, 3.05) is 12.5 Å². The first kappa shape index (κ1) is 10.2. The van der Waals surface area contributed by atoms with Gasteiger partial charge in [0.2, 0.25) is 0 Å². The third-order valence-corrected chi connectivity index (χ3v) is 1.65. The normalized spacial score (nSPS) is 9.69. The third kappa shape index (κ3) is 2.82. The zero-order chi connectivity index (χ0) is 9.68. The predicted molar refractivity (Wildman–Crippen MR) is 48.0 cm³/mol. The second kappa shape index (κ2) is 4.99. The Morgan fingerprint density at radius 3 is 3.00 bits per heavy atom. The Kier molecular flexibility index (Phi) is 3.92. The molecule has 0 aliphatic carbocycles. The van der Waals surface area contributed by atoms with Gasteiger partial charge in [-0.05, 0) is 0 Å². The van der Waals surface area contributed by atoms with Gasteiger partial charge in [-0.15, -0.1) is 11.6 Å². The lowest BCUT2D eigenvalue weighted by molar-refractivity contribution is 0.0528. The standard InChI is InChI=1S/C7H6Cl2N2O2/c8-1-2-13-7(12)5-3-10-4-11-6(5)9/h3-4H,1-2H2. The lowest BCUT2D eigenvalue weighted by Crippen LogP contribution is -2.08. The highest BCUT2D eigenvalue weighted by molar-refractivity contribution is 6.32. The Bertz CT molecular complexity index is 306. The topological polar surface area (TPSA) is 52.1 Å². The van der Waals surface area contributed by atoms with Crippen LogP contribution in [0.2, 0.25) is 5.15 Å². The third-order valence-electron chi connectivity index (χ3n) is 1.19. The Labute approximate surface area is 84.8 Å². The van der Waals surface area contributed by atoms with Crippen LogP contribution in [0, 0.1) is 0 Å². The zero-order valence-electron chi connectivity index (χ0n) is 6.54. The molecule has 0 saturated heterocycles. The summed E-state index contributed by atoms with van der Waals surface area (Å²) in [6.07, 6.45) is 2.55. The van der Waals surface area contributed by atoms with Crippen LogP contribution in [0.4, 0.5) is 0 Å². The molecule has 1 rings (SSSR count). The van der Waals surface area contributed by atoms with E-state index >= 15 is 0 Å². The van der Waals surface area contributed by atoms with Crippen molar-refractivity contribution in [3.8, 4) is 0 Å². The molecule has 0 bridgehead atoms. The molecular formula is C7H6Cl2N2O2. The summed E-state index contributed by atoms with van der Waals surface area (Å²) in [4.78, 5) is 18.5. The van der Waals surface area contributed by atoms with Gasteiger partial charge in [0, 0.05) is 6.20 Å². The fourth-order valence-corrected chi connectivity index (χ4v) is 0.907. The summed E-state index contributed by atoms with van der Waals surface area (Å²) in [6.45, 7) is 0.144. The summed E-state index contributed by atoms with van der Waals surface area (Å²) >= 11 is 10.9. The van der Waals surface area contributed by atoms with E-state index in [1.54, 1.807) is 0 Å². The van der Waals surface area contributed by atoms with Crippen molar-refractivity contribution in [1.29, 1.82) is 0 Å². The van der Waals surface area contributed by atoms with Crippen molar-refractivity contribution in [3.05, 3.63) is 23.2 Å². The summed E-state index contributed by atoms with van der Waals surface area (Å²) in [5.74, 6) is -0.317. The van der Waals surface area contributed by atoms with E-state index in [9.17, 15) is 4.79 Å². The van der Waals surface area contributed by atoms with E-state index < -0.39 is 5.97 Å². The van der Waals surface area contributed by atoms with E-state index in [-0.39, 0.29) is 23.2 Å². The Balaban J connectivity index is 2.71. The lowest BCUT2D eigenvalue weighted by Gasteiger charge is -2.02. The predicted octanol–water partition coefficient (Wildman–Crippen LogP) is 1.53. The Morgan fingerprint density at radius 1 is 1.62 bits per heavy atom. The maximum Gasteiger partial charge on any atom is 0.342 e. The van der Waals surface area contributed by atoms with Gasteiger partial charge >= 0.3 is 5.97 Å². The molecule has 4 nitrogen and oxygen atoms in total. The van der Waals surface area contributed by atoms with E-state index in [0.29, 0.717) is 0 Å². The van der Waals surface area contributed by atoms with Gasteiger partial charge < -0.3 is 4.74 Å². The van der Waals surface area contributed by atoms with E-state index in [2.05, 4.69) is 9.97 Å². The van der Waals surface area contributed by atoms with Gasteiger partial charge in [-0.2, -0.15) is 0 Å². The number of alkyl halides is 1. The number of aromatic nitrogens is 2. The van der Waals surface area contributed by atoms with Crippen LogP contribution in [-0.4, -0.2) is 28.4 Å². The van der Waals surface area contributed by atoms with Crippen LogP contribution in [0.25, 0.3) is 0 Å². The molecule has 0 aliphatic rings. The average molecular weight is 221 g/mol. The second-order valence-electron chi connectivity index (χ2n) is 2.05. The molecular weight excluding hydrogens is 215 g/mol. The molecule has 0 saturated carbocycles. The smallest absolute Gasteiger partial charge is 0.342 e. The largest absolute Gasteiger partial charge is 0.461 e. The monoisotopic (exact) mass is 220 g/mol. The number of rotatable bonds is 3. The van der Waals surface area contributed by atoms with Gasteiger partial charge in [-0.25, -0.2) is 14.8 Å². The number of hydrogen-bond donors (Lipinski definition) is 0. The molecule has 0 unspecified atom stereocenters. The number of carbonyl (C=O) groups is 1. The zero-order valence-corrected chi connectivity index (χ0v) is 8.05. The average Bonchev–Trinajstić information content (AvgIpc) is 2.15. The van der Waals surface area contributed by atoms with E-state index in [0.717, 1.165) is 0 Å². The molecule has 70 valence electrons. The number of hydrogen-bond acceptors (Lipinski definition) is 4. The highest BCUT2D eigenvalue weighted by Gasteiger charge is 2.11. The van der Waals surface area contributed by atoms with Crippen LogP contribution in [0.1, 0.15) is 10.4 Å². The number of ether oxygens (including phenoxy) is 1. The molecule has 6 heteroatoms. The summed E-state index contributed by atoms with van der Waals surface area (Å²) in [5, 5.41) is 0.0783. The fraction of sp³-hybridized carbons (Fsp3) is 0.286. The van der Waals surface area contributed by atoms with Gasteiger partial charge in [0.15, 0.2) is 0 Å². The highest BCUT2D eigenvalue weighted by Crippen LogP contribution is 2.11. The first-order valence-electron chi connectivity index (χ1n) is 3.44. The minimum absolute atomic E-state index is 0.0783. The molecule has 1 heterocycles. The van der Waals surface area contributed by atoms with E-state index in [1.165, 1.54) is 12.5 Å². The summed E-state index contributed by atoms with van der Waals surface area (Å²) in [7, 11) is 0. The SMILES string of the molecule is O=C(OCCCl)c1cncnc1Cl. The Hall–Kier alpha value is -0.870. The number of carbonyl (C=O) groups excluding carboxylic acids is 1. The van der Waals surface area contributed by atoms with Crippen LogP contribution < -0.4 is 0 Å². The Morgan fingerprint density at radius 2 is 2.38 bits per heavy atom. The van der Waals surface area contributed by atoms with Crippen molar-refractivity contribution in [2.24, 2.45) is 0 Å². The molecule has 13 heavy (non-hydrogen) atoms. The quantitative estimate of drug-likeness (QED) is 0.441. The number of halogens is 2. The van der Waals surface area contributed by atoms with Gasteiger partial charge in [0.05, 0.1) is 5.88 Å². The molecule has 1 aromatic rings. The molecule has 0 N–H and O–H groups in total. The van der Waals surface area contributed by atoms with Crippen molar-refractivity contribution in [2.45, 2.75) is 0 Å². The summed E-state index contributed by atoms with van der Waals surface area (Å²) < 4.78 is 4.72. The number of nitrogens with zero attached hydrogens (tertiary/aromatic N) is 2. The van der Waals surface area contributed by atoms with Gasteiger partial charge in [-0.1, -0.05) is 11.6 Å². The molecule has 0 fully saturated rings. The molecule has 0 aliphatic heterocycles. The number of esters is 1. The first-order chi connectivity index (χ1) is 6.25. The first-order valence-corrected chi connectivity index (χ1v) is 4.35. The summed E-state index contributed by atoms with van der Waals surface area (Å²) in [6, 6.07) is 0. The minimum atomic E-state index is -0.564. The van der Waals surface area contributed by atoms with Crippen molar-refractivity contribution in [1.82, 2.24) is 9.97 Å². The van der Waals surface area contributed by atoms with Gasteiger partial charge in [0.25, 0.3) is 0 Å². The molecule has 0 atom stereocenters. The minimum Gasteiger partial charge on any atom is -0.461 e. The molecule has 1 aromatic heterocycles. The molecule has 0 spiro atoms. The van der Waals surface area contributed by atoms with Crippen LogP contribution in [-0.2, 0) is 4.74 Å². The molecule has 0 radical (unpaired) electrons. The van der Waals surface area contributed by atoms with Gasteiger partial charge in [-0.3, -0.25) is 0 Å². The maximum atomic E-state index is 11.2. The van der Waals surface area contributed by atoms with Gasteiger partial charge in [0.1, 0.15) is 23.7 Å². The second-order valence-corrected chi connectivity index (χ2v) is 2.79. The van der Waals surface area contributed by atoms with Crippen molar-refractivity contribution in [3.63, 3.8) is 0 Å². The van der Waals surface area contributed by atoms with E-state index in [4.69, 9.17) is 27.9 Å². The van der Waals surface area contributed by atoms with E-state index in [1.807, 2.05) is 0 Å². The van der Waals surface area contributed by atoms with Crippen molar-refractivity contribution >= 4 is 29.2 Å². The van der Waals surface area contributed by atoms with Crippen LogP contribution in [0.5, 0.6) is 0 Å². The van der Waals surface area contributed by atoms with Crippen LogP contribution in [0.15, 0.2) is 12.5 Å².